The summed E-state index contributed by atoms with van der Waals surface area (Å²) in [6, 6.07) is 13.7. The van der Waals surface area contributed by atoms with Gasteiger partial charge in [-0.2, -0.15) is 5.26 Å². The van der Waals surface area contributed by atoms with Crippen LogP contribution in [0.5, 0.6) is 5.75 Å². The highest BCUT2D eigenvalue weighted by molar-refractivity contribution is 9.10. The van der Waals surface area contributed by atoms with Crippen LogP contribution in [0.4, 0.5) is 10.1 Å². The third-order valence-electron chi connectivity index (χ3n) is 2.65. The molecule has 2 aromatic rings. The van der Waals surface area contributed by atoms with Crippen molar-refractivity contribution in [3.63, 3.8) is 0 Å². The fourth-order valence-electron chi connectivity index (χ4n) is 1.66. The van der Waals surface area contributed by atoms with Gasteiger partial charge in [-0.05, 0) is 48.0 Å². The fraction of sp³-hybridized carbons (Fsp3) is 0.133. The van der Waals surface area contributed by atoms with Gasteiger partial charge in [-0.3, -0.25) is 0 Å². The van der Waals surface area contributed by atoms with Crippen molar-refractivity contribution in [2.45, 2.75) is 6.54 Å². The third-order valence-corrected chi connectivity index (χ3v) is 3.42. The van der Waals surface area contributed by atoms with Gasteiger partial charge in [0.2, 0.25) is 0 Å². The zero-order chi connectivity index (χ0) is 14.4. The largest absolute Gasteiger partial charge is 0.479 e. The molecule has 0 aliphatic carbocycles. The summed E-state index contributed by atoms with van der Waals surface area (Å²) in [5.41, 5.74) is 1.74. The normalized spacial score (nSPS) is 9.85. The second-order valence-electron chi connectivity index (χ2n) is 4.06. The lowest BCUT2D eigenvalue weighted by Crippen LogP contribution is -2.01. The second-order valence-corrected chi connectivity index (χ2v) is 4.91. The third kappa shape index (κ3) is 3.97. The Kier molecular flexibility index (Phi) is 4.97. The van der Waals surface area contributed by atoms with Crippen LogP contribution in [0.2, 0.25) is 0 Å². The smallest absolute Gasteiger partial charge is 0.174 e. The molecule has 0 heterocycles. The number of ether oxygens (including phenoxy) is 1. The average molecular weight is 335 g/mol. The molecular formula is C15H12BrFN2O. The lowest BCUT2D eigenvalue weighted by Gasteiger charge is -2.09. The van der Waals surface area contributed by atoms with E-state index in [2.05, 4.69) is 21.2 Å². The standard InChI is InChI=1S/C15H12BrFN2O/c16-15-6-1-12(17)9-11(15)10-19-13-2-4-14(5-3-13)20-8-7-18/h1-6,9,19H,8,10H2. The lowest BCUT2D eigenvalue weighted by atomic mass is 10.2. The van der Waals surface area contributed by atoms with Crippen molar-refractivity contribution in [3.05, 3.63) is 58.3 Å². The summed E-state index contributed by atoms with van der Waals surface area (Å²) in [4.78, 5) is 0. The topological polar surface area (TPSA) is 45.0 Å². The van der Waals surface area contributed by atoms with Crippen molar-refractivity contribution in [2.75, 3.05) is 11.9 Å². The molecule has 0 bridgehead atoms. The molecule has 0 aromatic heterocycles. The number of halogens is 2. The summed E-state index contributed by atoms with van der Waals surface area (Å²) in [6.45, 7) is 0.541. The van der Waals surface area contributed by atoms with E-state index in [4.69, 9.17) is 10.00 Å². The highest BCUT2D eigenvalue weighted by atomic mass is 79.9. The number of benzene rings is 2. The monoisotopic (exact) mass is 334 g/mol. The number of nitriles is 1. The minimum absolute atomic E-state index is 0.0308. The summed E-state index contributed by atoms with van der Waals surface area (Å²) in [5.74, 6) is 0.384. The van der Waals surface area contributed by atoms with Crippen LogP contribution in [0.25, 0.3) is 0 Å². The molecule has 0 aliphatic heterocycles. The number of hydrogen-bond donors (Lipinski definition) is 1. The van der Waals surface area contributed by atoms with E-state index in [9.17, 15) is 4.39 Å². The number of nitrogens with zero attached hydrogens (tertiary/aromatic N) is 1. The number of rotatable bonds is 5. The Labute approximate surface area is 125 Å². The van der Waals surface area contributed by atoms with Gasteiger partial charge in [0.1, 0.15) is 17.6 Å². The minimum Gasteiger partial charge on any atom is -0.479 e. The molecule has 5 heteroatoms. The number of anilines is 1. The first kappa shape index (κ1) is 14.4. The number of hydrogen-bond acceptors (Lipinski definition) is 3. The SMILES string of the molecule is N#CCOc1ccc(NCc2cc(F)ccc2Br)cc1. The van der Waals surface area contributed by atoms with Crippen LogP contribution >= 0.6 is 15.9 Å². The summed E-state index contributed by atoms with van der Waals surface area (Å²) in [5, 5.41) is 11.6. The summed E-state index contributed by atoms with van der Waals surface area (Å²) >= 11 is 3.39. The molecule has 3 nitrogen and oxygen atoms in total. The van der Waals surface area contributed by atoms with E-state index >= 15 is 0 Å². The van der Waals surface area contributed by atoms with Gasteiger partial charge in [-0.1, -0.05) is 15.9 Å². The first-order valence-electron chi connectivity index (χ1n) is 5.96. The molecule has 0 amide bonds. The Morgan fingerprint density at radius 1 is 1.20 bits per heavy atom. The highest BCUT2D eigenvalue weighted by Crippen LogP contribution is 2.20. The van der Waals surface area contributed by atoms with E-state index in [-0.39, 0.29) is 12.4 Å². The maximum Gasteiger partial charge on any atom is 0.174 e. The molecule has 2 aromatic carbocycles. The fourth-order valence-corrected chi connectivity index (χ4v) is 2.05. The zero-order valence-electron chi connectivity index (χ0n) is 10.6. The molecule has 102 valence electrons. The Morgan fingerprint density at radius 3 is 2.65 bits per heavy atom. The molecule has 0 radical (unpaired) electrons. The van der Waals surface area contributed by atoms with Gasteiger partial charge in [0.25, 0.3) is 0 Å². The molecule has 0 spiro atoms. The average Bonchev–Trinajstić information content (AvgIpc) is 2.47. The lowest BCUT2D eigenvalue weighted by molar-refractivity contribution is 0.368. The summed E-state index contributed by atoms with van der Waals surface area (Å²) in [6.07, 6.45) is 0. The van der Waals surface area contributed by atoms with Gasteiger partial charge in [0.05, 0.1) is 0 Å². The van der Waals surface area contributed by atoms with Crippen LogP contribution in [0, 0.1) is 17.1 Å². The predicted octanol–water partition coefficient (Wildman–Crippen LogP) is 4.10. The first-order chi connectivity index (χ1) is 9.69. The summed E-state index contributed by atoms with van der Waals surface area (Å²) in [7, 11) is 0. The van der Waals surface area contributed by atoms with Gasteiger partial charge >= 0.3 is 0 Å². The van der Waals surface area contributed by atoms with E-state index < -0.39 is 0 Å². The minimum atomic E-state index is -0.259. The predicted molar refractivity (Wildman–Crippen MR) is 79.0 cm³/mol. The van der Waals surface area contributed by atoms with Crippen molar-refractivity contribution in [1.29, 1.82) is 5.26 Å². The molecule has 0 saturated heterocycles. The van der Waals surface area contributed by atoms with Crippen molar-refractivity contribution < 1.29 is 9.13 Å². The quantitative estimate of drug-likeness (QED) is 0.895. The van der Waals surface area contributed by atoms with Crippen LogP contribution in [0.1, 0.15) is 5.56 Å². The molecule has 0 unspecified atom stereocenters. The van der Waals surface area contributed by atoms with Gasteiger partial charge in [0, 0.05) is 16.7 Å². The maximum absolute atomic E-state index is 13.2. The van der Waals surface area contributed by atoms with Gasteiger partial charge in [-0.15, -0.1) is 0 Å². The Bertz CT molecular complexity index is 623. The Balaban J connectivity index is 1.97. The van der Waals surface area contributed by atoms with Crippen LogP contribution in [-0.4, -0.2) is 6.61 Å². The first-order valence-corrected chi connectivity index (χ1v) is 6.76. The van der Waals surface area contributed by atoms with Crippen LogP contribution in [0.3, 0.4) is 0 Å². The van der Waals surface area contributed by atoms with E-state index in [1.165, 1.54) is 12.1 Å². The Morgan fingerprint density at radius 2 is 1.95 bits per heavy atom. The van der Waals surface area contributed by atoms with E-state index in [0.29, 0.717) is 12.3 Å². The molecule has 0 aliphatic rings. The molecule has 0 saturated carbocycles. The van der Waals surface area contributed by atoms with Crippen molar-refractivity contribution >= 4 is 21.6 Å². The zero-order valence-corrected chi connectivity index (χ0v) is 12.2. The summed E-state index contributed by atoms with van der Waals surface area (Å²) < 4.78 is 19.2. The van der Waals surface area contributed by atoms with Gasteiger partial charge in [0.15, 0.2) is 6.61 Å². The molecule has 20 heavy (non-hydrogen) atoms. The van der Waals surface area contributed by atoms with Crippen LogP contribution in [-0.2, 0) is 6.54 Å². The molecule has 0 fully saturated rings. The van der Waals surface area contributed by atoms with Crippen molar-refractivity contribution in [2.24, 2.45) is 0 Å². The van der Waals surface area contributed by atoms with Gasteiger partial charge in [-0.25, -0.2) is 4.39 Å². The maximum atomic E-state index is 13.2. The second kappa shape index (κ2) is 6.92. The molecule has 2 rings (SSSR count). The molecular weight excluding hydrogens is 323 g/mol. The van der Waals surface area contributed by atoms with E-state index in [1.54, 1.807) is 18.2 Å². The van der Waals surface area contributed by atoms with Crippen molar-refractivity contribution in [3.8, 4) is 11.8 Å². The van der Waals surface area contributed by atoms with E-state index in [1.807, 2.05) is 18.2 Å². The van der Waals surface area contributed by atoms with Gasteiger partial charge < -0.3 is 10.1 Å². The van der Waals surface area contributed by atoms with Crippen LogP contribution < -0.4 is 10.1 Å². The Hall–Kier alpha value is -2.06. The van der Waals surface area contributed by atoms with E-state index in [0.717, 1.165) is 15.7 Å². The number of nitrogens with one attached hydrogen (secondary N) is 1. The van der Waals surface area contributed by atoms with Crippen molar-refractivity contribution in [1.82, 2.24) is 0 Å². The van der Waals surface area contributed by atoms with Crippen LogP contribution in [0.15, 0.2) is 46.9 Å². The molecule has 0 atom stereocenters. The highest BCUT2D eigenvalue weighted by Gasteiger charge is 2.02. The molecule has 1 N–H and O–H groups in total.